The molecule has 3 aromatic rings. The average Bonchev–Trinajstić information content (AvgIpc) is 2.73. The summed E-state index contributed by atoms with van der Waals surface area (Å²) in [5, 5.41) is 10.3. The quantitative estimate of drug-likeness (QED) is 0.346. The first-order valence-corrected chi connectivity index (χ1v) is 10.00. The Hall–Kier alpha value is -3.08. The van der Waals surface area contributed by atoms with E-state index in [-0.39, 0.29) is 25.2 Å². The molecule has 152 valence electrons. The van der Waals surface area contributed by atoms with E-state index >= 15 is 0 Å². The van der Waals surface area contributed by atoms with Crippen LogP contribution in [-0.2, 0) is 16.1 Å². The molecule has 0 bridgehead atoms. The van der Waals surface area contributed by atoms with Crippen LogP contribution in [0.5, 0.6) is 0 Å². The van der Waals surface area contributed by atoms with Crippen molar-refractivity contribution in [2.24, 2.45) is 5.41 Å². The molecule has 2 N–H and O–H groups in total. The number of fused-ring (bicyclic) bond motifs is 2. The summed E-state index contributed by atoms with van der Waals surface area (Å²) in [6.45, 7) is 6.51. The van der Waals surface area contributed by atoms with E-state index in [0.29, 0.717) is 13.0 Å². The fraction of sp³-hybridized carbons (Fsp3) is 0.333. The van der Waals surface area contributed by atoms with E-state index in [0.717, 1.165) is 16.3 Å². The SMILES string of the molecule is CCC(C)(C)C(=O)OCCNC(=O)NCc1cccc2cc3ccccc3cc12. The molecule has 5 heteroatoms. The topological polar surface area (TPSA) is 67.4 Å². The lowest BCUT2D eigenvalue weighted by atomic mass is 9.91. The zero-order valence-electron chi connectivity index (χ0n) is 17.2. The molecule has 29 heavy (non-hydrogen) atoms. The number of benzene rings is 3. The van der Waals surface area contributed by atoms with E-state index in [1.54, 1.807) is 0 Å². The van der Waals surface area contributed by atoms with Crippen LogP contribution in [0.3, 0.4) is 0 Å². The average molecular weight is 392 g/mol. The minimum Gasteiger partial charge on any atom is -0.463 e. The molecule has 0 aliphatic rings. The van der Waals surface area contributed by atoms with Gasteiger partial charge in [-0.2, -0.15) is 0 Å². The lowest BCUT2D eigenvalue weighted by molar-refractivity contribution is -0.153. The number of hydrogen-bond donors (Lipinski definition) is 2. The lowest BCUT2D eigenvalue weighted by Crippen LogP contribution is -2.38. The van der Waals surface area contributed by atoms with Gasteiger partial charge in [0.05, 0.1) is 12.0 Å². The molecular weight excluding hydrogens is 364 g/mol. The third-order valence-electron chi connectivity index (χ3n) is 5.33. The highest BCUT2D eigenvalue weighted by atomic mass is 16.5. The minimum absolute atomic E-state index is 0.163. The Bertz CT molecular complexity index is 1030. The normalized spacial score (nSPS) is 11.4. The fourth-order valence-electron chi connectivity index (χ4n) is 3.07. The molecule has 2 amide bonds. The maximum atomic E-state index is 12.1. The Morgan fingerprint density at radius 2 is 1.62 bits per heavy atom. The second kappa shape index (κ2) is 8.95. The molecule has 0 saturated carbocycles. The molecule has 5 nitrogen and oxygen atoms in total. The van der Waals surface area contributed by atoms with Gasteiger partial charge in [0.2, 0.25) is 0 Å². The predicted molar refractivity (Wildman–Crippen MR) is 117 cm³/mol. The Morgan fingerprint density at radius 1 is 0.931 bits per heavy atom. The number of carbonyl (C=O) groups excluding carboxylic acids is 2. The fourth-order valence-corrected chi connectivity index (χ4v) is 3.07. The molecule has 0 unspecified atom stereocenters. The van der Waals surface area contributed by atoms with E-state index in [2.05, 4.69) is 41.0 Å². The lowest BCUT2D eigenvalue weighted by Gasteiger charge is -2.20. The van der Waals surface area contributed by atoms with Crippen LogP contribution in [0.2, 0.25) is 0 Å². The van der Waals surface area contributed by atoms with Crippen LogP contribution < -0.4 is 10.6 Å². The van der Waals surface area contributed by atoms with Crippen LogP contribution >= 0.6 is 0 Å². The van der Waals surface area contributed by atoms with Gasteiger partial charge in [-0.1, -0.05) is 49.4 Å². The third kappa shape index (κ3) is 5.05. The molecule has 0 aliphatic carbocycles. The van der Waals surface area contributed by atoms with Gasteiger partial charge >= 0.3 is 12.0 Å². The van der Waals surface area contributed by atoms with Crippen LogP contribution in [0.25, 0.3) is 21.5 Å². The van der Waals surface area contributed by atoms with Gasteiger partial charge in [-0.05, 0) is 59.5 Å². The number of rotatable bonds is 7. The Labute approximate surface area is 171 Å². The van der Waals surface area contributed by atoms with Gasteiger partial charge in [-0.25, -0.2) is 4.79 Å². The highest BCUT2D eigenvalue weighted by molar-refractivity contribution is 5.99. The Kier molecular flexibility index (Phi) is 6.37. The number of esters is 1. The van der Waals surface area contributed by atoms with Gasteiger partial charge in [0.1, 0.15) is 6.61 Å². The molecule has 0 aliphatic heterocycles. The van der Waals surface area contributed by atoms with Crippen molar-refractivity contribution >= 4 is 33.5 Å². The summed E-state index contributed by atoms with van der Waals surface area (Å²) in [5.41, 5.74) is 0.556. The molecule has 3 rings (SSSR count). The molecular formula is C24H28N2O3. The zero-order chi connectivity index (χ0) is 20.9. The van der Waals surface area contributed by atoms with Gasteiger partial charge in [0, 0.05) is 6.54 Å². The van der Waals surface area contributed by atoms with Crippen molar-refractivity contribution in [2.45, 2.75) is 33.7 Å². The van der Waals surface area contributed by atoms with Gasteiger partial charge in [-0.15, -0.1) is 0 Å². The first kappa shape index (κ1) is 20.6. The number of urea groups is 1. The molecule has 0 aromatic heterocycles. The molecule has 0 spiro atoms. The van der Waals surface area contributed by atoms with E-state index in [9.17, 15) is 9.59 Å². The summed E-state index contributed by atoms with van der Waals surface area (Å²) in [4.78, 5) is 24.0. The van der Waals surface area contributed by atoms with Crippen molar-refractivity contribution in [1.82, 2.24) is 10.6 Å². The number of amides is 2. The van der Waals surface area contributed by atoms with Crippen LogP contribution in [0.4, 0.5) is 4.79 Å². The number of nitrogens with one attached hydrogen (secondary N) is 2. The van der Waals surface area contributed by atoms with Crippen molar-refractivity contribution in [2.75, 3.05) is 13.2 Å². The van der Waals surface area contributed by atoms with E-state index < -0.39 is 5.41 Å². The summed E-state index contributed by atoms with van der Waals surface area (Å²) in [6, 6.07) is 18.4. The highest BCUT2D eigenvalue weighted by Crippen LogP contribution is 2.25. The van der Waals surface area contributed by atoms with Gasteiger partial charge in [0.25, 0.3) is 0 Å². The Balaban J connectivity index is 1.54. The first-order valence-electron chi connectivity index (χ1n) is 10.00. The van der Waals surface area contributed by atoms with E-state index in [4.69, 9.17) is 4.74 Å². The summed E-state index contributed by atoms with van der Waals surface area (Å²) >= 11 is 0. The van der Waals surface area contributed by atoms with Crippen molar-refractivity contribution in [1.29, 1.82) is 0 Å². The van der Waals surface area contributed by atoms with Crippen molar-refractivity contribution in [3.8, 4) is 0 Å². The molecule has 0 atom stereocenters. The smallest absolute Gasteiger partial charge is 0.315 e. The van der Waals surface area contributed by atoms with Crippen LogP contribution in [0, 0.1) is 5.41 Å². The molecule has 0 heterocycles. The van der Waals surface area contributed by atoms with Gasteiger partial charge < -0.3 is 15.4 Å². The largest absolute Gasteiger partial charge is 0.463 e. The zero-order valence-corrected chi connectivity index (χ0v) is 17.2. The standard InChI is InChI=1S/C24H28N2O3/c1-4-24(2,3)22(27)29-13-12-25-23(28)26-16-20-11-7-10-19-14-17-8-5-6-9-18(17)15-21(19)20/h5-11,14-15H,4,12-13,16H2,1-3H3,(H2,25,26,28). The van der Waals surface area contributed by atoms with Crippen molar-refractivity contribution in [3.63, 3.8) is 0 Å². The maximum absolute atomic E-state index is 12.1. The minimum atomic E-state index is -0.499. The summed E-state index contributed by atoms with van der Waals surface area (Å²) < 4.78 is 5.23. The highest BCUT2D eigenvalue weighted by Gasteiger charge is 2.26. The van der Waals surface area contributed by atoms with Crippen LogP contribution in [0.15, 0.2) is 54.6 Å². The predicted octanol–water partition coefficient (Wildman–Crippen LogP) is 4.77. The van der Waals surface area contributed by atoms with Crippen molar-refractivity contribution < 1.29 is 14.3 Å². The first-order chi connectivity index (χ1) is 13.9. The van der Waals surface area contributed by atoms with Crippen LogP contribution in [-0.4, -0.2) is 25.2 Å². The molecule has 0 saturated heterocycles. The number of ether oxygens (including phenoxy) is 1. The Morgan fingerprint density at radius 3 is 2.34 bits per heavy atom. The van der Waals surface area contributed by atoms with E-state index in [1.807, 2.05) is 45.0 Å². The third-order valence-corrected chi connectivity index (χ3v) is 5.33. The second-order valence-electron chi connectivity index (χ2n) is 7.82. The van der Waals surface area contributed by atoms with Crippen LogP contribution in [0.1, 0.15) is 32.8 Å². The number of hydrogen-bond acceptors (Lipinski definition) is 3. The summed E-state index contributed by atoms with van der Waals surface area (Å²) in [7, 11) is 0. The summed E-state index contributed by atoms with van der Waals surface area (Å²) in [6.07, 6.45) is 0.708. The van der Waals surface area contributed by atoms with Gasteiger partial charge in [0.15, 0.2) is 0 Å². The van der Waals surface area contributed by atoms with Crippen molar-refractivity contribution in [3.05, 3.63) is 60.2 Å². The maximum Gasteiger partial charge on any atom is 0.315 e. The van der Waals surface area contributed by atoms with Gasteiger partial charge in [-0.3, -0.25) is 4.79 Å². The second-order valence-corrected chi connectivity index (χ2v) is 7.82. The summed E-state index contributed by atoms with van der Waals surface area (Å²) in [5.74, 6) is -0.245. The number of carbonyl (C=O) groups is 2. The molecule has 3 aromatic carbocycles. The monoisotopic (exact) mass is 392 g/mol. The molecule has 0 fully saturated rings. The molecule has 0 radical (unpaired) electrons. The van der Waals surface area contributed by atoms with E-state index in [1.165, 1.54) is 10.8 Å².